The molecule has 19 heteroatoms. The average molecular weight is 1110 g/mol. The predicted octanol–water partition coefficient (Wildman–Crippen LogP) is 16.1. The monoisotopic (exact) mass is 1110 g/mol. The third kappa shape index (κ3) is 18.6. The number of hydrogen-bond acceptors (Lipinski definition) is 8. The van der Waals surface area contributed by atoms with E-state index in [4.69, 9.17) is 42.1 Å². The Bertz CT molecular complexity index is 2220. The van der Waals surface area contributed by atoms with Gasteiger partial charge in [0.2, 0.25) is 0 Å². The molecule has 0 N–H and O–H groups in total. The normalized spacial score (nSPS) is 13.4. The molecule has 2 aliphatic rings. The summed E-state index contributed by atoms with van der Waals surface area (Å²) in [4.78, 5) is 25.5. The fourth-order valence-electron chi connectivity index (χ4n) is 5.30. The zero-order valence-electron chi connectivity index (χ0n) is 35.5. The quantitative estimate of drug-likeness (QED) is 0.0709. The number of halogens is 10. The fourth-order valence-corrected chi connectivity index (χ4v) is 6.05. The molecule has 0 radical (unpaired) electrons. The first-order chi connectivity index (χ1) is 29.1. The standard InChI is InChI=1S/C22H22ClF3O4.C19H17BrClF3O4.C3H5.BrH.Zn/c1-12-15(13-5-6-13)8-10-18(19(12)20(27)30-21(2,3)4)28-17-9-7-14(11-16(17)23)29-22(24,25)26;1-10-12(20)6-8-15(16(10)17(25)28-18(2,3)4)26-14-7-5-11(9-13(14)21)27-19(22,23)24;1-2-3-1;;/h7-11,13H,5-6H2,1-4H3;5-9H,1-4H3;1H,2-3H2;1H;/q;;-1;;+2/p-1. The van der Waals surface area contributed by atoms with Gasteiger partial charge in [0, 0.05) is 16.6 Å². The first-order valence-electron chi connectivity index (χ1n) is 19.0. The molecule has 0 bridgehead atoms. The molecule has 4 aromatic carbocycles. The molecule has 63 heavy (non-hydrogen) atoms. The van der Waals surface area contributed by atoms with E-state index in [0.717, 1.165) is 48.2 Å². The van der Waals surface area contributed by atoms with E-state index in [1.165, 1.54) is 47.4 Å². The topological polar surface area (TPSA) is 89.5 Å². The summed E-state index contributed by atoms with van der Waals surface area (Å²) in [6.07, 6.45) is -2.55. The van der Waals surface area contributed by atoms with E-state index in [-0.39, 0.29) is 44.2 Å². The minimum atomic E-state index is -4.83. The van der Waals surface area contributed by atoms with Crippen LogP contribution in [-0.4, -0.2) is 35.9 Å². The van der Waals surface area contributed by atoms with Gasteiger partial charge in [-0.05, 0) is 133 Å². The van der Waals surface area contributed by atoms with Gasteiger partial charge in [-0.25, -0.2) is 22.4 Å². The minimum absolute atomic E-state index is 0.0581. The fraction of sp³-hybridized carbons (Fsp3) is 0.386. The van der Waals surface area contributed by atoms with Crippen molar-refractivity contribution in [3.05, 3.63) is 109 Å². The van der Waals surface area contributed by atoms with Crippen molar-refractivity contribution >= 4 is 64.7 Å². The van der Waals surface area contributed by atoms with E-state index in [1.54, 1.807) is 60.6 Å². The Morgan fingerprint density at radius 1 is 0.635 bits per heavy atom. The van der Waals surface area contributed by atoms with Gasteiger partial charge in [-0.2, -0.15) is 0 Å². The van der Waals surface area contributed by atoms with Crippen molar-refractivity contribution < 1.29 is 80.7 Å². The second kappa shape index (κ2) is 22.8. The summed E-state index contributed by atoms with van der Waals surface area (Å²) in [6.45, 7) is 14.0. The Kier molecular flexibility index (Phi) is 19.6. The molecule has 8 nitrogen and oxygen atoms in total. The Morgan fingerprint density at radius 2 is 1.00 bits per heavy atom. The zero-order chi connectivity index (χ0) is 47.7. The molecule has 2 aliphatic carbocycles. The summed E-state index contributed by atoms with van der Waals surface area (Å²) in [5.74, 6) is -1.16. The number of esters is 2. The molecule has 0 atom stereocenters. The molecule has 0 amide bonds. The van der Waals surface area contributed by atoms with Crippen LogP contribution in [0.1, 0.15) is 111 Å². The number of rotatable bonds is 9. The summed E-state index contributed by atoms with van der Waals surface area (Å²) in [7, 11) is 0. The van der Waals surface area contributed by atoms with Crippen molar-refractivity contribution in [3.8, 4) is 34.5 Å². The van der Waals surface area contributed by atoms with Crippen LogP contribution in [0.3, 0.4) is 0 Å². The van der Waals surface area contributed by atoms with Crippen molar-refractivity contribution in [1.29, 1.82) is 0 Å². The van der Waals surface area contributed by atoms with E-state index in [9.17, 15) is 35.9 Å². The molecule has 340 valence electrons. The van der Waals surface area contributed by atoms with Crippen LogP contribution in [0, 0.1) is 20.3 Å². The summed E-state index contributed by atoms with van der Waals surface area (Å²) in [5.41, 5.74) is 1.43. The van der Waals surface area contributed by atoms with Crippen molar-refractivity contribution in [2.45, 2.75) is 111 Å². The average Bonchev–Trinajstić information content (AvgIpc) is 4.05. The summed E-state index contributed by atoms with van der Waals surface area (Å²) in [6, 6.07) is 13.4. The van der Waals surface area contributed by atoms with Crippen molar-refractivity contribution in [2.24, 2.45) is 0 Å². The van der Waals surface area contributed by atoms with Crippen molar-refractivity contribution in [3.63, 3.8) is 0 Å². The van der Waals surface area contributed by atoms with Crippen molar-refractivity contribution in [1.82, 2.24) is 0 Å². The number of carbonyl (C=O) groups excluding carboxylic acids is 2. The van der Waals surface area contributed by atoms with Gasteiger partial charge in [0.15, 0.2) is 0 Å². The van der Waals surface area contributed by atoms with Gasteiger partial charge < -0.3 is 34.8 Å². The Hall–Kier alpha value is -3.24. The Morgan fingerprint density at radius 3 is 1.33 bits per heavy atom. The number of benzene rings is 4. The van der Waals surface area contributed by atoms with Crippen LogP contribution in [0.15, 0.2) is 65.1 Å². The Labute approximate surface area is 397 Å². The van der Waals surface area contributed by atoms with Gasteiger partial charge in [0.25, 0.3) is 0 Å². The number of carbonyl (C=O) groups is 2. The second-order valence-electron chi connectivity index (χ2n) is 15.8. The molecule has 6 rings (SSSR count). The van der Waals surface area contributed by atoms with E-state index < -0.39 is 47.4 Å². The van der Waals surface area contributed by atoms with Crippen LogP contribution in [-0.2, 0) is 25.8 Å². The molecule has 0 heterocycles. The van der Waals surface area contributed by atoms with E-state index in [1.807, 2.05) is 13.0 Å². The van der Waals surface area contributed by atoms with Gasteiger partial charge in [0.1, 0.15) is 56.8 Å². The SMILES string of the molecule is Cc1c(Br)ccc(Oc2ccc(OC(F)(F)F)cc2Cl)c1C(=O)OC(C)(C)C.Cc1c(C2CC2)ccc(Oc2ccc(OC(F)(F)F)cc2Cl)c1C(=O)OC(C)(C)C.[CH-]1CC1.[Zn+][Br]. The maximum atomic E-state index is 12.9. The van der Waals surface area contributed by atoms with E-state index in [0.29, 0.717) is 16.0 Å². The van der Waals surface area contributed by atoms with Gasteiger partial charge in [-0.3, -0.25) is 0 Å². The number of ether oxygens (including phenoxy) is 6. The van der Waals surface area contributed by atoms with Gasteiger partial charge in [0.05, 0.1) is 10.0 Å². The molecule has 0 saturated heterocycles. The van der Waals surface area contributed by atoms with Crippen molar-refractivity contribution in [2.75, 3.05) is 0 Å². The first-order valence-corrected chi connectivity index (χ1v) is 27.5. The summed E-state index contributed by atoms with van der Waals surface area (Å²) in [5, 5.41) is -0.201. The Balaban J connectivity index is 0.000000303. The summed E-state index contributed by atoms with van der Waals surface area (Å²) >= 11 is 19.7. The van der Waals surface area contributed by atoms with Crippen LogP contribution in [0.25, 0.3) is 0 Å². The molecule has 0 aromatic heterocycles. The van der Waals surface area contributed by atoms with Crippen LogP contribution in [0.5, 0.6) is 34.5 Å². The van der Waals surface area contributed by atoms with E-state index >= 15 is 0 Å². The number of alkyl halides is 6. The molecule has 0 unspecified atom stereocenters. The zero-order valence-corrected chi connectivity index (χ0v) is 43.2. The summed E-state index contributed by atoms with van der Waals surface area (Å²) < 4.78 is 105. The molecule has 0 spiro atoms. The molecular weight excluding hydrogens is 1070 g/mol. The first kappa shape index (κ1) is 54.1. The second-order valence-corrected chi connectivity index (χ2v) is 17.5. The number of hydrogen-bond donors (Lipinski definition) is 0. The molecular formula is C44H44Br2Cl2F6O8Zn. The van der Waals surface area contributed by atoms with Gasteiger partial charge in [-0.1, -0.05) is 45.2 Å². The van der Waals surface area contributed by atoms with Crippen LogP contribution in [0.2, 0.25) is 10.0 Å². The van der Waals surface area contributed by atoms with Crippen LogP contribution >= 0.6 is 52.8 Å². The van der Waals surface area contributed by atoms with Crippen LogP contribution < -0.4 is 18.9 Å². The van der Waals surface area contributed by atoms with Crippen LogP contribution in [0.4, 0.5) is 26.3 Å². The maximum absolute atomic E-state index is 12.9. The third-order valence-electron chi connectivity index (χ3n) is 8.05. The third-order valence-corrected chi connectivity index (χ3v) is 9.50. The van der Waals surface area contributed by atoms with Gasteiger partial charge in [-0.15, -0.1) is 26.3 Å². The molecule has 2 saturated carbocycles. The molecule has 0 aliphatic heterocycles. The van der Waals surface area contributed by atoms with Gasteiger partial charge >= 0.3 is 54.6 Å². The van der Waals surface area contributed by atoms with E-state index in [2.05, 4.69) is 45.4 Å². The molecule has 4 aromatic rings. The molecule has 2 fully saturated rings. The predicted molar refractivity (Wildman–Crippen MR) is 231 cm³/mol.